The van der Waals surface area contributed by atoms with E-state index in [0.717, 1.165) is 8.95 Å². The van der Waals surface area contributed by atoms with Crippen LogP contribution in [0.1, 0.15) is 0 Å². The van der Waals surface area contributed by atoms with E-state index in [0.29, 0.717) is 0 Å². The molecule has 4 aromatic carbocycles. The standard InChI is InChI=1S/C20H12Br2S2/c21-19-15-7-3-1-5-13(15)9-11-17(19)23-24-18-12-10-14-6-2-4-8-16(14)20(18)22/h1-12H. The summed E-state index contributed by atoms with van der Waals surface area (Å²) in [4.78, 5) is 2.47. The van der Waals surface area contributed by atoms with Crippen molar-refractivity contribution in [2.75, 3.05) is 0 Å². The first kappa shape index (κ1) is 16.5. The molecule has 4 aromatic rings. The molecule has 0 saturated heterocycles. The Hall–Kier alpha value is -0.940. The molecule has 0 unspecified atom stereocenters. The van der Waals surface area contributed by atoms with Gasteiger partial charge in [-0.15, -0.1) is 0 Å². The second kappa shape index (κ2) is 7.12. The molecule has 0 aliphatic heterocycles. The van der Waals surface area contributed by atoms with E-state index in [1.807, 2.05) is 0 Å². The van der Waals surface area contributed by atoms with Crippen molar-refractivity contribution in [2.45, 2.75) is 9.79 Å². The highest BCUT2D eigenvalue weighted by Gasteiger charge is 2.09. The minimum atomic E-state index is 1.16. The summed E-state index contributed by atoms with van der Waals surface area (Å²) in [6, 6.07) is 25.6. The van der Waals surface area contributed by atoms with E-state index in [1.165, 1.54) is 31.3 Å². The zero-order chi connectivity index (χ0) is 16.5. The lowest BCUT2D eigenvalue weighted by Crippen LogP contribution is -1.80. The van der Waals surface area contributed by atoms with E-state index >= 15 is 0 Å². The molecule has 0 radical (unpaired) electrons. The average molecular weight is 476 g/mol. The monoisotopic (exact) mass is 474 g/mol. The molecule has 0 bridgehead atoms. The summed E-state index contributed by atoms with van der Waals surface area (Å²) in [5.74, 6) is 0. The lowest BCUT2D eigenvalue weighted by molar-refractivity contribution is 1.46. The Morgan fingerprint density at radius 3 is 1.38 bits per heavy atom. The molecule has 0 aliphatic carbocycles. The highest BCUT2D eigenvalue weighted by molar-refractivity contribution is 9.11. The normalized spacial score (nSPS) is 11.2. The smallest absolute Gasteiger partial charge is 0.0398 e. The minimum Gasteiger partial charge on any atom is -0.0616 e. The molecule has 0 saturated carbocycles. The minimum absolute atomic E-state index is 1.16. The van der Waals surface area contributed by atoms with Crippen LogP contribution in [0, 0.1) is 0 Å². The van der Waals surface area contributed by atoms with Crippen molar-refractivity contribution in [2.24, 2.45) is 0 Å². The van der Waals surface area contributed by atoms with Crippen molar-refractivity contribution in [1.82, 2.24) is 0 Å². The summed E-state index contributed by atoms with van der Waals surface area (Å²) < 4.78 is 2.32. The van der Waals surface area contributed by atoms with Crippen LogP contribution in [-0.4, -0.2) is 0 Å². The fourth-order valence-corrected chi connectivity index (χ4v) is 6.93. The maximum absolute atomic E-state index is 3.77. The van der Waals surface area contributed by atoms with Crippen LogP contribution < -0.4 is 0 Å². The quantitative estimate of drug-likeness (QED) is 0.273. The lowest BCUT2D eigenvalue weighted by Gasteiger charge is -2.09. The number of hydrogen-bond acceptors (Lipinski definition) is 2. The summed E-state index contributed by atoms with van der Waals surface area (Å²) in [6.45, 7) is 0. The molecular weight excluding hydrogens is 464 g/mol. The molecule has 4 rings (SSSR count). The van der Waals surface area contributed by atoms with Crippen molar-refractivity contribution in [3.05, 3.63) is 81.7 Å². The topological polar surface area (TPSA) is 0 Å². The molecule has 0 N–H and O–H groups in total. The van der Waals surface area contributed by atoms with Gasteiger partial charge in [0.05, 0.1) is 0 Å². The predicted octanol–water partition coefficient (Wildman–Crippen LogP) is 8.32. The van der Waals surface area contributed by atoms with Gasteiger partial charge < -0.3 is 0 Å². The van der Waals surface area contributed by atoms with Gasteiger partial charge in [-0.3, -0.25) is 0 Å². The molecule has 118 valence electrons. The van der Waals surface area contributed by atoms with Crippen molar-refractivity contribution in [1.29, 1.82) is 0 Å². The molecule has 4 heteroatoms. The average Bonchev–Trinajstić information content (AvgIpc) is 2.63. The highest BCUT2D eigenvalue weighted by Crippen LogP contribution is 2.46. The van der Waals surface area contributed by atoms with Crippen LogP contribution in [0.15, 0.2) is 91.5 Å². The maximum atomic E-state index is 3.77. The molecule has 0 aromatic heterocycles. The van der Waals surface area contributed by atoms with Crippen LogP contribution >= 0.6 is 53.4 Å². The Bertz CT molecular complexity index is 959. The van der Waals surface area contributed by atoms with Gasteiger partial charge in [-0.25, -0.2) is 0 Å². The van der Waals surface area contributed by atoms with Crippen LogP contribution in [0.2, 0.25) is 0 Å². The molecular formula is C20H12Br2S2. The molecule has 0 nitrogen and oxygen atoms in total. The Balaban J connectivity index is 1.66. The van der Waals surface area contributed by atoms with Crippen LogP contribution in [0.25, 0.3) is 21.5 Å². The molecule has 0 heterocycles. The third-order valence-electron chi connectivity index (χ3n) is 3.88. The number of hydrogen-bond donors (Lipinski definition) is 0. The van der Waals surface area contributed by atoms with Crippen molar-refractivity contribution in [3.8, 4) is 0 Å². The summed E-state index contributed by atoms with van der Waals surface area (Å²) in [7, 11) is 3.55. The summed E-state index contributed by atoms with van der Waals surface area (Å²) in [5.41, 5.74) is 0. The van der Waals surface area contributed by atoms with E-state index in [9.17, 15) is 0 Å². The Morgan fingerprint density at radius 1 is 0.500 bits per heavy atom. The summed E-state index contributed by atoms with van der Waals surface area (Å²) >= 11 is 7.54. The largest absolute Gasteiger partial charge is 0.0616 e. The Labute approximate surface area is 165 Å². The van der Waals surface area contributed by atoms with Gasteiger partial charge in [0, 0.05) is 18.7 Å². The third kappa shape index (κ3) is 3.13. The van der Waals surface area contributed by atoms with Crippen LogP contribution in [-0.2, 0) is 0 Å². The number of fused-ring (bicyclic) bond motifs is 2. The van der Waals surface area contributed by atoms with E-state index in [4.69, 9.17) is 0 Å². The first-order valence-corrected chi connectivity index (χ1v) is 11.2. The van der Waals surface area contributed by atoms with E-state index in [2.05, 4.69) is 105 Å². The van der Waals surface area contributed by atoms with E-state index < -0.39 is 0 Å². The number of benzene rings is 4. The second-order valence-corrected chi connectivity index (χ2v) is 9.16. The van der Waals surface area contributed by atoms with E-state index in [-0.39, 0.29) is 0 Å². The SMILES string of the molecule is Brc1c(SSc2ccc3ccccc3c2Br)ccc2ccccc12. The van der Waals surface area contributed by atoms with E-state index in [1.54, 1.807) is 21.6 Å². The molecule has 0 spiro atoms. The zero-order valence-electron chi connectivity index (χ0n) is 12.5. The molecule has 0 fully saturated rings. The summed E-state index contributed by atoms with van der Waals surface area (Å²) in [6.07, 6.45) is 0. The van der Waals surface area contributed by atoms with Crippen LogP contribution in [0.3, 0.4) is 0 Å². The van der Waals surface area contributed by atoms with Crippen molar-refractivity contribution >= 4 is 75.0 Å². The van der Waals surface area contributed by atoms with Gasteiger partial charge >= 0.3 is 0 Å². The molecule has 24 heavy (non-hydrogen) atoms. The second-order valence-electron chi connectivity index (χ2n) is 5.36. The molecule has 0 amide bonds. The Kier molecular flexibility index (Phi) is 4.90. The fraction of sp³-hybridized carbons (Fsp3) is 0. The zero-order valence-corrected chi connectivity index (χ0v) is 17.3. The fourth-order valence-electron chi connectivity index (χ4n) is 2.65. The van der Waals surface area contributed by atoms with Gasteiger partial charge in [0.15, 0.2) is 0 Å². The Morgan fingerprint density at radius 2 is 0.917 bits per heavy atom. The van der Waals surface area contributed by atoms with Crippen LogP contribution in [0.4, 0.5) is 0 Å². The van der Waals surface area contributed by atoms with Gasteiger partial charge in [-0.05, 0) is 65.5 Å². The van der Waals surface area contributed by atoms with Crippen molar-refractivity contribution < 1.29 is 0 Å². The highest BCUT2D eigenvalue weighted by atomic mass is 79.9. The molecule has 0 atom stereocenters. The third-order valence-corrected chi connectivity index (χ3v) is 8.56. The van der Waals surface area contributed by atoms with Gasteiger partial charge in [0.1, 0.15) is 0 Å². The maximum Gasteiger partial charge on any atom is 0.0398 e. The lowest BCUT2D eigenvalue weighted by atomic mass is 10.1. The van der Waals surface area contributed by atoms with Gasteiger partial charge in [0.2, 0.25) is 0 Å². The van der Waals surface area contributed by atoms with Crippen LogP contribution in [0.5, 0.6) is 0 Å². The number of halogens is 2. The number of rotatable bonds is 3. The van der Waals surface area contributed by atoms with Gasteiger partial charge in [-0.2, -0.15) is 0 Å². The van der Waals surface area contributed by atoms with Gasteiger partial charge in [0.25, 0.3) is 0 Å². The summed E-state index contributed by atoms with van der Waals surface area (Å²) in [5, 5.41) is 5.01. The van der Waals surface area contributed by atoms with Gasteiger partial charge in [-0.1, -0.05) is 82.3 Å². The first-order chi connectivity index (χ1) is 11.7. The first-order valence-electron chi connectivity index (χ1n) is 7.43. The van der Waals surface area contributed by atoms with Crippen molar-refractivity contribution in [3.63, 3.8) is 0 Å². The molecule has 0 aliphatic rings. The predicted molar refractivity (Wildman–Crippen MR) is 115 cm³/mol.